The zero-order valence-electron chi connectivity index (χ0n) is 14.9. The Kier molecular flexibility index (Phi) is 5.67. The van der Waals surface area contributed by atoms with Crippen LogP contribution in [0.1, 0.15) is 50.8 Å². The Labute approximate surface area is 158 Å². The number of esters is 1. The summed E-state index contributed by atoms with van der Waals surface area (Å²) in [5, 5.41) is 9.35. The van der Waals surface area contributed by atoms with Crippen LogP contribution in [0.3, 0.4) is 0 Å². The van der Waals surface area contributed by atoms with Gasteiger partial charge in [0.05, 0.1) is 11.1 Å². The van der Waals surface area contributed by atoms with Gasteiger partial charge in [0.15, 0.2) is 0 Å². The fourth-order valence-corrected chi connectivity index (χ4v) is 3.06. The Morgan fingerprint density at radius 3 is 1.78 bits per heavy atom. The Morgan fingerprint density at radius 2 is 1.22 bits per heavy atom. The summed E-state index contributed by atoms with van der Waals surface area (Å²) < 4.78 is 5.83. The van der Waals surface area contributed by atoms with Gasteiger partial charge in [-0.2, -0.15) is 0 Å². The number of carbonyl (C=O) groups is 2. The molecule has 27 heavy (non-hydrogen) atoms. The summed E-state index contributed by atoms with van der Waals surface area (Å²) in [6.07, 6.45) is -0.539. The van der Waals surface area contributed by atoms with E-state index < -0.39 is 18.0 Å². The van der Waals surface area contributed by atoms with Gasteiger partial charge in [-0.25, -0.2) is 9.59 Å². The van der Waals surface area contributed by atoms with Crippen LogP contribution in [0, 0.1) is 0 Å². The fourth-order valence-electron chi connectivity index (χ4n) is 3.06. The van der Waals surface area contributed by atoms with Crippen LogP contribution < -0.4 is 0 Å². The second kappa shape index (κ2) is 8.32. The average Bonchev–Trinajstić information content (AvgIpc) is 2.72. The monoisotopic (exact) mass is 360 g/mol. The Bertz CT molecular complexity index is 919. The maximum absolute atomic E-state index is 12.8. The number of hydrogen-bond acceptors (Lipinski definition) is 3. The highest BCUT2D eigenvalue weighted by Crippen LogP contribution is 2.34. The van der Waals surface area contributed by atoms with Crippen molar-refractivity contribution in [2.75, 3.05) is 0 Å². The van der Waals surface area contributed by atoms with E-state index in [4.69, 9.17) is 4.74 Å². The fraction of sp³-hybridized carbons (Fsp3) is 0.130. The molecule has 0 saturated carbocycles. The SMILES string of the molecule is C[C@@H](c1ccccc1)[C@H](OC(=O)c1ccccc1C(=O)O)c1ccccc1. The van der Waals surface area contributed by atoms with Gasteiger partial charge in [-0.15, -0.1) is 0 Å². The first-order valence-corrected chi connectivity index (χ1v) is 8.71. The lowest BCUT2D eigenvalue weighted by atomic mass is 9.90. The second-order valence-corrected chi connectivity index (χ2v) is 6.29. The lowest BCUT2D eigenvalue weighted by Gasteiger charge is -2.25. The van der Waals surface area contributed by atoms with Crippen molar-refractivity contribution in [2.24, 2.45) is 0 Å². The molecular formula is C23H20O4. The molecule has 0 radical (unpaired) electrons. The number of hydrogen-bond donors (Lipinski definition) is 1. The molecule has 3 aromatic carbocycles. The van der Waals surface area contributed by atoms with Crippen LogP contribution >= 0.6 is 0 Å². The van der Waals surface area contributed by atoms with Gasteiger partial charge in [0, 0.05) is 5.92 Å². The van der Waals surface area contributed by atoms with Crippen LogP contribution in [-0.4, -0.2) is 17.0 Å². The molecule has 0 unspecified atom stereocenters. The molecule has 2 atom stereocenters. The van der Waals surface area contributed by atoms with E-state index >= 15 is 0 Å². The van der Waals surface area contributed by atoms with Gasteiger partial charge in [0.25, 0.3) is 0 Å². The number of rotatable bonds is 6. The Morgan fingerprint density at radius 1 is 0.741 bits per heavy atom. The summed E-state index contributed by atoms with van der Waals surface area (Å²) in [5.74, 6) is -1.91. The number of carboxylic acids is 1. The molecule has 1 N–H and O–H groups in total. The Balaban J connectivity index is 1.95. The third-order valence-electron chi connectivity index (χ3n) is 4.52. The molecule has 3 aromatic rings. The molecule has 0 fully saturated rings. The first kappa shape index (κ1) is 18.4. The van der Waals surface area contributed by atoms with Gasteiger partial charge in [0.2, 0.25) is 0 Å². The van der Waals surface area contributed by atoms with Crippen LogP contribution in [0.25, 0.3) is 0 Å². The van der Waals surface area contributed by atoms with E-state index in [0.717, 1.165) is 11.1 Å². The van der Waals surface area contributed by atoms with Gasteiger partial charge in [-0.3, -0.25) is 0 Å². The zero-order valence-corrected chi connectivity index (χ0v) is 14.9. The molecule has 136 valence electrons. The van der Waals surface area contributed by atoms with Crippen molar-refractivity contribution in [1.82, 2.24) is 0 Å². The van der Waals surface area contributed by atoms with Crippen molar-refractivity contribution in [3.63, 3.8) is 0 Å². The van der Waals surface area contributed by atoms with E-state index in [9.17, 15) is 14.7 Å². The predicted octanol–water partition coefficient (Wildman–Crippen LogP) is 5.09. The van der Waals surface area contributed by atoms with Crippen molar-refractivity contribution in [3.05, 3.63) is 107 Å². The lowest BCUT2D eigenvalue weighted by Crippen LogP contribution is -2.19. The van der Waals surface area contributed by atoms with E-state index in [0.29, 0.717) is 0 Å². The van der Waals surface area contributed by atoms with E-state index in [1.165, 1.54) is 12.1 Å². The van der Waals surface area contributed by atoms with Crippen LogP contribution in [0.4, 0.5) is 0 Å². The van der Waals surface area contributed by atoms with E-state index in [1.807, 2.05) is 67.6 Å². The smallest absolute Gasteiger partial charge is 0.339 e. The van der Waals surface area contributed by atoms with Crippen molar-refractivity contribution in [2.45, 2.75) is 18.9 Å². The molecule has 0 spiro atoms. The molecule has 0 heterocycles. The number of carbonyl (C=O) groups excluding carboxylic acids is 1. The van der Waals surface area contributed by atoms with E-state index in [2.05, 4.69) is 0 Å². The lowest BCUT2D eigenvalue weighted by molar-refractivity contribution is 0.0235. The highest BCUT2D eigenvalue weighted by molar-refractivity contribution is 6.02. The summed E-state index contributed by atoms with van der Waals surface area (Å²) in [7, 11) is 0. The normalized spacial score (nSPS) is 12.8. The largest absolute Gasteiger partial charge is 0.478 e. The summed E-state index contributed by atoms with van der Waals surface area (Å²) in [5.41, 5.74) is 1.87. The predicted molar refractivity (Wildman–Crippen MR) is 103 cm³/mol. The van der Waals surface area contributed by atoms with Gasteiger partial charge in [-0.05, 0) is 23.3 Å². The van der Waals surface area contributed by atoms with Gasteiger partial charge in [0.1, 0.15) is 6.10 Å². The third-order valence-corrected chi connectivity index (χ3v) is 4.52. The van der Waals surface area contributed by atoms with Crippen molar-refractivity contribution >= 4 is 11.9 Å². The van der Waals surface area contributed by atoms with Crippen molar-refractivity contribution in [1.29, 1.82) is 0 Å². The zero-order chi connectivity index (χ0) is 19.2. The molecular weight excluding hydrogens is 340 g/mol. The quantitative estimate of drug-likeness (QED) is 0.622. The maximum atomic E-state index is 12.8. The standard InChI is InChI=1S/C23H20O4/c1-16(17-10-4-2-5-11-17)21(18-12-6-3-7-13-18)27-23(26)20-15-9-8-14-19(20)22(24)25/h2-16,21H,1H3,(H,24,25)/t16-,21-/m0/s1. The number of benzene rings is 3. The molecule has 0 aliphatic heterocycles. The average molecular weight is 360 g/mol. The molecule has 4 nitrogen and oxygen atoms in total. The minimum Gasteiger partial charge on any atom is -0.478 e. The van der Waals surface area contributed by atoms with E-state index in [-0.39, 0.29) is 17.0 Å². The highest BCUT2D eigenvalue weighted by atomic mass is 16.5. The molecule has 0 aliphatic rings. The molecule has 4 heteroatoms. The number of ether oxygens (including phenoxy) is 1. The van der Waals surface area contributed by atoms with Crippen molar-refractivity contribution < 1.29 is 19.4 Å². The topological polar surface area (TPSA) is 63.6 Å². The maximum Gasteiger partial charge on any atom is 0.339 e. The number of aromatic carboxylic acids is 1. The van der Waals surface area contributed by atoms with Gasteiger partial charge >= 0.3 is 11.9 Å². The summed E-state index contributed by atoms with van der Waals surface area (Å²) in [4.78, 5) is 24.2. The van der Waals surface area contributed by atoms with Gasteiger partial charge < -0.3 is 9.84 Å². The van der Waals surface area contributed by atoms with Crippen LogP contribution in [0.5, 0.6) is 0 Å². The first-order valence-electron chi connectivity index (χ1n) is 8.71. The van der Waals surface area contributed by atoms with Crippen LogP contribution in [0.2, 0.25) is 0 Å². The molecule has 3 rings (SSSR count). The first-order chi connectivity index (χ1) is 13.1. The minimum atomic E-state index is -1.16. The third kappa shape index (κ3) is 4.23. The second-order valence-electron chi connectivity index (χ2n) is 6.29. The minimum absolute atomic E-state index is 0.0474. The number of carboxylic acid groups (broad SMARTS) is 1. The van der Waals surface area contributed by atoms with E-state index in [1.54, 1.807) is 12.1 Å². The molecule has 0 aromatic heterocycles. The molecule has 0 amide bonds. The molecule has 0 bridgehead atoms. The van der Waals surface area contributed by atoms with Crippen LogP contribution in [-0.2, 0) is 4.74 Å². The van der Waals surface area contributed by atoms with Crippen LogP contribution in [0.15, 0.2) is 84.9 Å². The Hall–Kier alpha value is -3.40. The van der Waals surface area contributed by atoms with Crippen molar-refractivity contribution in [3.8, 4) is 0 Å². The summed E-state index contributed by atoms with van der Waals surface area (Å²) in [6.45, 7) is 1.99. The molecule has 0 saturated heterocycles. The molecule has 0 aliphatic carbocycles. The summed E-state index contributed by atoms with van der Waals surface area (Å²) >= 11 is 0. The van der Waals surface area contributed by atoms with Gasteiger partial charge in [-0.1, -0.05) is 79.7 Å². The highest BCUT2D eigenvalue weighted by Gasteiger charge is 2.27. The summed E-state index contributed by atoms with van der Waals surface area (Å²) in [6, 6.07) is 25.3.